The van der Waals surface area contributed by atoms with E-state index in [0.29, 0.717) is 43.6 Å². The van der Waals surface area contributed by atoms with Gasteiger partial charge in [-0.1, -0.05) is 24.3 Å². The highest BCUT2D eigenvalue weighted by molar-refractivity contribution is 5.94. The van der Waals surface area contributed by atoms with Gasteiger partial charge in [0.2, 0.25) is 11.8 Å². The van der Waals surface area contributed by atoms with E-state index in [1.54, 1.807) is 0 Å². The van der Waals surface area contributed by atoms with Gasteiger partial charge in [-0.05, 0) is 62.9 Å². The van der Waals surface area contributed by atoms with Crippen LogP contribution in [0.5, 0.6) is 5.75 Å². The van der Waals surface area contributed by atoms with Gasteiger partial charge < -0.3 is 15.4 Å². The number of carbonyl (C=O) groups is 2. The SMILES string of the molecule is CCOc1ccccc1NC(=O)CCN(CC(=O)Nc1cc(C)ccc1C)C1CC1. The number of nitrogens with one attached hydrogen (secondary N) is 2. The molecule has 30 heavy (non-hydrogen) atoms. The first-order valence-corrected chi connectivity index (χ1v) is 10.6. The molecule has 0 unspecified atom stereocenters. The van der Waals surface area contributed by atoms with E-state index >= 15 is 0 Å². The fourth-order valence-electron chi connectivity index (χ4n) is 3.38. The van der Waals surface area contributed by atoms with Crippen molar-refractivity contribution in [3.63, 3.8) is 0 Å². The van der Waals surface area contributed by atoms with Gasteiger partial charge >= 0.3 is 0 Å². The summed E-state index contributed by atoms with van der Waals surface area (Å²) in [5.41, 5.74) is 3.68. The van der Waals surface area contributed by atoms with Gasteiger partial charge in [0.05, 0.1) is 18.8 Å². The number of rotatable bonds is 10. The first kappa shape index (κ1) is 21.8. The number of ether oxygens (including phenoxy) is 1. The highest BCUT2D eigenvalue weighted by Crippen LogP contribution is 2.27. The number of amides is 2. The molecule has 0 radical (unpaired) electrons. The van der Waals surface area contributed by atoms with Gasteiger partial charge in [0.15, 0.2) is 0 Å². The molecule has 3 rings (SSSR count). The molecular formula is C24H31N3O3. The average molecular weight is 410 g/mol. The van der Waals surface area contributed by atoms with E-state index in [2.05, 4.69) is 15.5 Å². The van der Waals surface area contributed by atoms with Gasteiger partial charge in [-0.15, -0.1) is 0 Å². The zero-order valence-corrected chi connectivity index (χ0v) is 18.0. The quantitative estimate of drug-likeness (QED) is 0.619. The van der Waals surface area contributed by atoms with Crippen LogP contribution in [0, 0.1) is 13.8 Å². The van der Waals surface area contributed by atoms with Crippen molar-refractivity contribution >= 4 is 23.2 Å². The summed E-state index contributed by atoms with van der Waals surface area (Å²) < 4.78 is 5.56. The van der Waals surface area contributed by atoms with Crippen molar-refractivity contribution in [2.24, 2.45) is 0 Å². The van der Waals surface area contributed by atoms with Gasteiger partial charge in [0.1, 0.15) is 5.75 Å². The number of anilines is 2. The summed E-state index contributed by atoms with van der Waals surface area (Å²) in [5, 5.41) is 5.94. The molecule has 2 amide bonds. The summed E-state index contributed by atoms with van der Waals surface area (Å²) in [7, 11) is 0. The van der Waals surface area contributed by atoms with Crippen LogP contribution >= 0.6 is 0 Å². The van der Waals surface area contributed by atoms with Crippen LogP contribution in [0.3, 0.4) is 0 Å². The predicted molar refractivity (Wildman–Crippen MR) is 120 cm³/mol. The van der Waals surface area contributed by atoms with Gasteiger partial charge in [0, 0.05) is 24.7 Å². The molecule has 0 bridgehead atoms. The lowest BCUT2D eigenvalue weighted by molar-refractivity contribution is -0.119. The smallest absolute Gasteiger partial charge is 0.238 e. The standard InChI is InChI=1S/C24H31N3O3/c1-4-30-22-8-6-5-7-20(22)25-23(28)13-14-27(19-11-12-19)16-24(29)26-21-15-17(2)9-10-18(21)3/h5-10,15,19H,4,11-14,16H2,1-3H3,(H,25,28)(H,26,29). The van der Waals surface area contributed by atoms with E-state index < -0.39 is 0 Å². The molecule has 6 nitrogen and oxygen atoms in total. The van der Waals surface area contributed by atoms with E-state index in [0.717, 1.165) is 29.7 Å². The summed E-state index contributed by atoms with van der Waals surface area (Å²) in [4.78, 5) is 27.2. The predicted octanol–water partition coefficient (Wildman–Crippen LogP) is 4.13. The first-order valence-electron chi connectivity index (χ1n) is 10.6. The van der Waals surface area contributed by atoms with E-state index in [4.69, 9.17) is 4.74 Å². The number of nitrogens with zero attached hydrogens (tertiary/aromatic N) is 1. The Balaban J connectivity index is 1.53. The van der Waals surface area contributed by atoms with Crippen LogP contribution in [0.15, 0.2) is 42.5 Å². The Labute approximate surface area is 178 Å². The van der Waals surface area contributed by atoms with E-state index in [1.165, 1.54) is 0 Å². The number of para-hydroxylation sites is 2. The van der Waals surface area contributed by atoms with Crippen LogP contribution in [-0.4, -0.2) is 42.5 Å². The minimum Gasteiger partial charge on any atom is -0.492 e. The van der Waals surface area contributed by atoms with Crippen LogP contribution < -0.4 is 15.4 Å². The maximum Gasteiger partial charge on any atom is 0.238 e. The largest absolute Gasteiger partial charge is 0.492 e. The van der Waals surface area contributed by atoms with Gasteiger partial charge in [-0.3, -0.25) is 14.5 Å². The molecule has 6 heteroatoms. The molecule has 1 saturated carbocycles. The molecule has 0 heterocycles. The Morgan fingerprint density at radius 3 is 2.50 bits per heavy atom. The topological polar surface area (TPSA) is 70.7 Å². The number of benzene rings is 2. The molecule has 1 aliphatic rings. The lowest BCUT2D eigenvalue weighted by Gasteiger charge is -2.21. The normalized spacial score (nSPS) is 13.2. The molecule has 0 aromatic heterocycles. The van der Waals surface area contributed by atoms with Crippen LogP contribution in [0.25, 0.3) is 0 Å². The van der Waals surface area contributed by atoms with E-state index in [-0.39, 0.29) is 11.8 Å². The highest BCUT2D eigenvalue weighted by Gasteiger charge is 2.30. The molecule has 0 atom stereocenters. The average Bonchev–Trinajstić information content (AvgIpc) is 3.55. The van der Waals surface area contributed by atoms with Crippen LogP contribution in [0.2, 0.25) is 0 Å². The zero-order valence-electron chi connectivity index (χ0n) is 18.0. The van der Waals surface area contributed by atoms with Crippen LogP contribution in [0.4, 0.5) is 11.4 Å². The molecule has 2 aromatic rings. The zero-order chi connectivity index (χ0) is 21.5. The molecule has 1 fully saturated rings. The third kappa shape index (κ3) is 6.32. The van der Waals surface area contributed by atoms with Gasteiger partial charge in [0.25, 0.3) is 0 Å². The number of hydrogen-bond acceptors (Lipinski definition) is 4. The van der Waals surface area contributed by atoms with Gasteiger partial charge in [-0.2, -0.15) is 0 Å². The second kappa shape index (κ2) is 10.3. The molecule has 0 saturated heterocycles. The Morgan fingerprint density at radius 2 is 1.77 bits per heavy atom. The summed E-state index contributed by atoms with van der Waals surface area (Å²) in [6.45, 7) is 7.29. The van der Waals surface area contributed by atoms with Crippen LogP contribution in [0.1, 0.15) is 37.3 Å². The fraction of sp³-hybridized carbons (Fsp3) is 0.417. The molecule has 160 valence electrons. The van der Waals surface area contributed by atoms with Crippen molar-refractivity contribution in [3.8, 4) is 5.75 Å². The minimum absolute atomic E-state index is 0.0438. The summed E-state index contributed by atoms with van der Waals surface area (Å²) >= 11 is 0. The first-order chi connectivity index (χ1) is 14.5. The Hall–Kier alpha value is -2.86. The lowest BCUT2D eigenvalue weighted by Crippen LogP contribution is -2.37. The number of hydrogen-bond donors (Lipinski definition) is 2. The molecule has 1 aliphatic carbocycles. The Kier molecular flexibility index (Phi) is 7.46. The third-order valence-electron chi connectivity index (χ3n) is 5.16. The lowest BCUT2D eigenvalue weighted by atomic mass is 10.1. The third-order valence-corrected chi connectivity index (χ3v) is 5.16. The number of carbonyl (C=O) groups excluding carboxylic acids is 2. The summed E-state index contributed by atoms with van der Waals surface area (Å²) in [5.74, 6) is 0.542. The second-order valence-electron chi connectivity index (χ2n) is 7.80. The highest BCUT2D eigenvalue weighted by atomic mass is 16.5. The van der Waals surface area contributed by atoms with Crippen molar-refractivity contribution < 1.29 is 14.3 Å². The minimum atomic E-state index is -0.0808. The molecular weight excluding hydrogens is 378 g/mol. The van der Waals surface area contributed by atoms with Crippen molar-refractivity contribution in [1.82, 2.24) is 4.90 Å². The fourth-order valence-corrected chi connectivity index (χ4v) is 3.38. The van der Waals surface area contributed by atoms with Crippen LogP contribution in [-0.2, 0) is 9.59 Å². The Morgan fingerprint density at radius 1 is 1.03 bits per heavy atom. The summed E-state index contributed by atoms with van der Waals surface area (Å²) in [6, 6.07) is 13.8. The monoisotopic (exact) mass is 409 g/mol. The maximum atomic E-state index is 12.6. The van der Waals surface area contributed by atoms with Crippen molar-refractivity contribution in [3.05, 3.63) is 53.6 Å². The number of aryl methyl sites for hydroxylation is 2. The summed E-state index contributed by atoms with van der Waals surface area (Å²) in [6.07, 6.45) is 2.48. The molecule has 2 N–H and O–H groups in total. The van der Waals surface area contributed by atoms with E-state index in [9.17, 15) is 9.59 Å². The molecule has 0 aliphatic heterocycles. The van der Waals surface area contributed by atoms with Gasteiger partial charge in [-0.25, -0.2) is 0 Å². The molecule has 2 aromatic carbocycles. The second-order valence-corrected chi connectivity index (χ2v) is 7.80. The van der Waals surface area contributed by atoms with Crippen molar-refractivity contribution in [2.75, 3.05) is 30.3 Å². The van der Waals surface area contributed by atoms with Crippen molar-refractivity contribution in [1.29, 1.82) is 0 Å². The Bertz CT molecular complexity index is 893. The molecule has 0 spiro atoms. The maximum absolute atomic E-state index is 12.6. The van der Waals surface area contributed by atoms with Crippen molar-refractivity contribution in [2.45, 2.75) is 46.1 Å². The van der Waals surface area contributed by atoms with E-state index in [1.807, 2.05) is 63.2 Å².